The van der Waals surface area contributed by atoms with Gasteiger partial charge in [0.05, 0.1) is 58.2 Å². The van der Waals surface area contributed by atoms with Gasteiger partial charge in [0.25, 0.3) is 0 Å². The number of ether oxygens (including phenoxy) is 2. The molecule has 2 aromatic rings. The van der Waals surface area contributed by atoms with Gasteiger partial charge in [-0.15, -0.1) is 12.1 Å². The van der Waals surface area contributed by atoms with Gasteiger partial charge < -0.3 is 9.47 Å². The van der Waals surface area contributed by atoms with Gasteiger partial charge in [0.1, 0.15) is 0 Å². The Kier molecular flexibility index (Phi) is 15.0. The van der Waals surface area contributed by atoms with Crippen LogP contribution < -0.4 is 0 Å². The molecule has 2 aliphatic rings. The van der Waals surface area contributed by atoms with E-state index in [4.69, 9.17) is 9.47 Å². The molecule has 2 saturated heterocycles. The molecule has 33 heavy (non-hydrogen) atoms. The molecule has 0 aromatic heterocycles. The first-order chi connectivity index (χ1) is 15.1. The molecule has 2 fully saturated rings. The van der Waals surface area contributed by atoms with Gasteiger partial charge in [0, 0.05) is 26.4 Å². The molecular formula is C20H16F10MnO2. The molecule has 0 unspecified atom stereocenters. The molecular weight excluding hydrogens is 517 g/mol. The predicted octanol–water partition coefficient (Wildman–Crippen LogP) is 5.96. The Hall–Kier alpha value is -1.82. The molecule has 0 spiro atoms. The van der Waals surface area contributed by atoms with Gasteiger partial charge in [-0.1, -0.05) is 0 Å². The van der Waals surface area contributed by atoms with Gasteiger partial charge in [-0.2, -0.15) is 0 Å². The van der Waals surface area contributed by atoms with Crippen molar-refractivity contribution in [1.29, 1.82) is 0 Å². The van der Waals surface area contributed by atoms with Crippen LogP contribution >= 0.6 is 0 Å². The summed E-state index contributed by atoms with van der Waals surface area (Å²) in [6.07, 6.45) is 5.11. The zero-order valence-electron chi connectivity index (χ0n) is 16.6. The molecule has 0 bridgehead atoms. The third-order valence-electron chi connectivity index (χ3n) is 3.64. The van der Waals surface area contributed by atoms with Crippen LogP contribution in [-0.4, -0.2) is 26.4 Å². The van der Waals surface area contributed by atoms with Crippen molar-refractivity contribution in [2.75, 3.05) is 26.4 Å². The molecule has 2 nitrogen and oxygen atoms in total. The van der Waals surface area contributed by atoms with Crippen LogP contribution in [-0.2, 0) is 26.5 Å². The van der Waals surface area contributed by atoms with Crippen molar-refractivity contribution < 1.29 is 70.4 Å². The molecule has 2 heterocycles. The first-order valence-electron chi connectivity index (χ1n) is 9.04. The van der Waals surface area contributed by atoms with Crippen molar-refractivity contribution in [2.24, 2.45) is 0 Å². The summed E-state index contributed by atoms with van der Waals surface area (Å²) in [5.41, 5.74) is 0. The fraction of sp³-hybridized carbons (Fsp3) is 0.400. The zero-order valence-corrected chi connectivity index (χ0v) is 17.8. The molecule has 1 radical (unpaired) electrons. The van der Waals surface area contributed by atoms with Gasteiger partial charge in [0.2, 0.25) is 0 Å². The van der Waals surface area contributed by atoms with Gasteiger partial charge in [-0.25, -0.2) is 26.3 Å². The van der Waals surface area contributed by atoms with Crippen molar-refractivity contribution in [1.82, 2.24) is 0 Å². The van der Waals surface area contributed by atoms with E-state index >= 15 is 0 Å². The fourth-order valence-corrected chi connectivity index (χ4v) is 2.01. The Morgan fingerprint density at radius 3 is 0.758 bits per heavy atom. The Labute approximate surface area is 193 Å². The van der Waals surface area contributed by atoms with E-state index in [0.717, 1.165) is 38.6 Å². The Bertz CT molecular complexity index is 736. The maximum absolute atomic E-state index is 12.0. The SMILES string of the molecule is C1CCOC1.C1CCOC1.Fc1[c-]c(F)c(F)c(F)c1F.Fc1[c-]c(F)c(F)c(F)c1F.[Mn+2]. The minimum Gasteiger partial charge on any atom is -0.381 e. The maximum Gasteiger partial charge on any atom is 2.00 e. The van der Waals surface area contributed by atoms with Crippen LogP contribution in [0.4, 0.5) is 43.9 Å². The second-order valence-electron chi connectivity index (χ2n) is 6.03. The summed E-state index contributed by atoms with van der Waals surface area (Å²) < 4.78 is 130. The Balaban J connectivity index is 0.000000434. The fourth-order valence-electron chi connectivity index (χ4n) is 2.01. The molecule has 4 rings (SSSR count). The second kappa shape index (κ2) is 15.9. The summed E-state index contributed by atoms with van der Waals surface area (Å²) in [6.45, 7) is 4.00. The van der Waals surface area contributed by atoms with Gasteiger partial charge in [0.15, 0.2) is 0 Å². The van der Waals surface area contributed by atoms with Crippen molar-refractivity contribution in [3.8, 4) is 0 Å². The zero-order chi connectivity index (χ0) is 24.3. The number of halogens is 10. The van der Waals surface area contributed by atoms with Crippen LogP contribution in [0, 0.1) is 70.3 Å². The van der Waals surface area contributed by atoms with E-state index in [1.54, 1.807) is 0 Å². The minimum absolute atomic E-state index is 0. The second-order valence-corrected chi connectivity index (χ2v) is 6.03. The third kappa shape index (κ3) is 10.3. The van der Waals surface area contributed by atoms with Crippen LogP contribution in [0.15, 0.2) is 0 Å². The summed E-state index contributed by atoms with van der Waals surface area (Å²) in [5, 5.41) is 0. The van der Waals surface area contributed by atoms with E-state index in [-0.39, 0.29) is 17.1 Å². The average Bonchev–Trinajstić information content (AvgIpc) is 3.53. The van der Waals surface area contributed by atoms with Crippen molar-refractivity contribution in [3.63, 3.8) is 0 Å². The Morgan fingerprint density at radius 2 is 0.606 bits per heavy atom. The van der Waals surface area contributed by atoms with Crippen LogP contribution in [0.2, 0.25) is 0 Å². The summed E-state index contributed by atoms with van der Waals surface area (Å²) in [5.74, 6) is -20.1. The average molecular weight is 533 g/mol. The smallest absolute Gasteiger partial charge is 0.381 e. The number of hydrogen-bond acceptors (Lipinski definition) is 2. The summed E-state index contributed by atoms with van der Waals surface area (Å²) in [6, 6.07) is 2.05. The molecule has 0 atom stereocenters. The first kappa shape index (κ1) is 31.2. The molecule has 0 saturated carbocycles. The molecule has 185 valence electrons. The van der Waals surface area contributed by atoms with Gasteiger partial charge >= 0.3 is 17.1 Å². The van der Waals surface area contributed by atoms with E-state index in [0.29, 0.717) is 0 Å². The largest absolute Gasteiger partial charge is 2.00 e. The van der Waals surface area contributed by atoms with Crippen LogP contribution in [0.1, 0.15) is 25.7 Å². The number of benzene rings is 2. The number of rotatable bonds is 0. The van der Waals surface area contributed by atoms with E-state index < -0.39 is 58.2 Å². The predicted molar refractivity (Wildman–Crippen MR) is 90.2 cm³/mol. The number of hydrogen-bond donors (Lipinski definition) is 0. The quantitative estimate of drug-likeness (QED) is 0.137. The molecule has 2 aliphatic heterocycles. The van der Waals surface area contributed by atoms with Gasteiger partial charge in [-0.05, 0) is 25.7 Å². The summed E-state index contributed by atoms with van der Waals surface area (Å²) >= 11 is 0. The normalized spacial score (nSPS) is 14.1. The summed E-state index contributed by atoms with van der Waals surface area (Å²) in [4.78, 5) is 0. The first-order valence-corrected chi connectivity index (χ1v) is 9.04. The Morgan fingerprint density at radius 1 is 0.394 bits per heavy atom. The van der Waals surface area contributed by atoms with Crippen LogP contribution in [0.25, 0.3) is 0 Å². The van der Waals surface area contributed by atoms with Crippen molar-refractivity contribution >= 4 is 0 Å². The molecule has 0 aliphatic carbocycles. The molecule has 13 heteroatoms. The van der Waals surface area contributed by atoms with Crippen LogP contribution in [0.5, 0.6) is 0 Å². The van der Waals surface area contributed by atoms with Crippen LogP contribution in [0.3, 0.4) is 0 Å². The molecule has 0 N–H and O–H groups in total. The van der Waals surface area contributed by atoms with Crippen molar-refractivity contribution in [2.45, 2.75) is 25.7 Å². The monoisotopic (exact) mass is 533 g/mol. The minimum atomic E-state index is -2.17. The summed E-state index contributed by atoms with van der Waals surface area (Å²) in [7, 11) is 0. The van der Waals surface area contributed by atoms with E-state index in [1.165, 1.54) is 25.7 Å². The maximum atomic E-state index is 12.0. The van der Waals surface area contributed by atoms with E-state index in [2.05, 4.69) is 0 Å². The third-order valence-corrected chi connectivity index (χ3v) is 3.64. The topological polar surface area (TPSA) is 18.5 Å². The standard InChI is InChI=1S/2C6F5.2C4H8O.Mn/c2*7-2-1-3(8)5(10)6(11)4(2)9;2*1-2-4-5-3-1;/h;;2*1-4H2;/q2*-1;;;+2. The van der Waals surface area contributed by atoms with E-state index in [9.17, 15) is 43.9 Å². The molecule has 0 amide bonds. The van der Waals surface area contributed by atoms with Gasteiger partial charge in [-0.3, -0.25) is 17.6 Å². The van der Waals surface area contributed by atoms with E-state index in [1.807, 2.05) is 0 Å². The molecule has 2 aromatic carbocycles. The van der Waals surface area contributed by atoms with Crippen molar-refractivity contribution in [3.05, 3.63) is 70.3 Å².